The summed E-state index contributed by atoms with van der Waals surface area (Å²) < 4.78 is 8.60. The molecule has 94 valence electrons. The van der Waals surface area contributed by atoms with E-state index in [2.05, 4.69) is 15.3 Å². The van der Waals surface area contributed by atoms with E-state index in [4.69, 9.17) is 14.4 Å². The smallest absolute Gasteiger partial charge is 0.323 e. The normalized spacial score (nSPS) is 10.4. The molecule has 16 heavy (non-hydrogen) atoms. The molecule has 3 N–H and O–H groups in total. The van der Waals surface area contributed by atoms with Crippen molar-refractivity contribution in [3.63, 3.8) is 0 Å². The average molecular weight is 271 g/mol. The highest BCUT2D eigenvalue weighted by atomic mass is 32.2. The minimum absolute atomic E-state index is 0.103. The molecule has 0 atom stereocenters. The molecule has 0 heterocycles. The first-order chi connectivity index (χ1) is 7.25. The minimum atomic E-state index is -2.87. The average Bonchev–Trinajstić information content (AvgIpc) is 2.16. The van der Waals surface area contributed by atoms with Crippen LogP contribution in [0.1, 0.15) is 13.8 Å². The van der Waals surface area contributed by atoms with Gasteiger partial charge in [-0.3, -0.25) is 4.84 Å². The zero-order chi connectivity index (χ0) is 13.2. The molecular weight excluding hydrogens is 255 g/mol. The van der Waals surface area contributed by atoms with Crippen LogP contribution in [-0.4, -0.2) is 40.1 Å². The van der Waals surface area contributed by atoms with Crippen LogP contribution < -0.4 is 5.32 Å². The maximum Gasteiger partial charge on any atom is 0.692 e. The fourth-order valence-corrected chi connectivity index (χ4v) is 0.448. The second kappa shape index (κ2) is 9.53. The highest BCUT2D eigenvalue weighted by molar-refractivity contribution is 8.00. The molecule has 7 nitrogen and oxygen atoms in total. The topological polar surface area (TPSA) is 108 Å². The van der Waals surface area contributed by atoms with E-state index in [1.165, 1.54) is 7.05 Å². The molecule has 0 aromatic rings. The van der Waals surface area contributed by atoms with Gasteiger partial charge in [-0.1, -0.05) is 5.16 Å². The quantitative estimate of drug-likeness (QED) is 0.307. The van der Waals surface area contributed by atoms with Crippen LogP contribution in [0.2, 0.25) is 0 Å². The number of nitrogens with one attached hydrogen (secondary N) is 1. The van der Waals surface area contributed by atoms with Crippen molar-refractivity contribution in [3.05, 3.63) is 0 Å². The van der Waals surface area contributed by atoms with E-state index < -0.39 is 14.3 Å². The fourth-order valence-electron chi connectivity index (χ4n) is 0.299. The Morgan fingerprint density at radius 2 is 2.00 bits per heavy atom. The zero-order valence-corrected chi connectivity index (χ0v) is 11.2. The molecular formula is C7H16N2O5PS+. The third-order valence-electron chi connectivity index (χ3n) is 1.23. The Bertz CT molecular complexity index is 255. The Balaban J connectivity index is 0. The van der Waals surface area contributed by atoms with Gasteiger partial charge < -0.3 is 5.32 Å². The summed E-state index contributed by atoms with van der Waals surface area (Å²) in [4.78, 5) is 29.2. The molecule has 9 heteroatoms. The summed E-state index contributed by atoms with van der Waals surface area (Å²) in [5, 5.41) is 5.81. The van der Waals surface area contributed by atoms with E-state index in [9.17, 15) is 4.79 Å². The van der Waals surface area contributed by atoms with Gasteiger partial charge in [-0.2, -0.15) is 11.8 Å². The van der Waals surface area contributed by atoms with Crippen molar-refractivity contribution < 1.29 is 24.0 Å². The first-order valence-corrected chi connectivity index (χ1v) is 6.47. The number of carbonyl (C=O) groups is 1. The summed E-state index contributed by atoms with van der Waals surface area (Å²) in [7, 11) is -1.39. The lowest BCUT2D eigenvalue weighted by atomic mass is 10.2. The number of amides is 1. The molecule has 0 aromatic carbocycles. The van der Waals surface area contributed by atoms with Crippen LogP contribution in [0.25, 0.3) is 0 Å². The highest BCUT2D eigenvalue weighted by Gasteiger charge is 2.12. The second-order valence-corrected chi connectivity index (χ2v) is 4.89. The van der Waals surface area contributed by atoms with Gasteiger partial charge in [-0.05, 0) is 20.1 Å². The van der Waals surface area contributed by atoms with Gasteiger partial charge in [0.25, 0.3) is 0 Å². The Morgan fingerprint density at radius 3 is 2.31 bits per heavy atom. The molecule has 0 rings (SSSR count). The molecule has 0 aromatic heterocycles. The molecule has 1 amide bonds. The molecule has 0 bridgehead atoms. The summed E-state index contributed by atoms with van der Waals surface area (Å²) in [5.74, 6) is 0. The van der Waals surface area contributed by atoms with E-state index in [-0.39, 0.29) is 4.75 Å². The summed E-state index contributed by atoms with van der Waals surface area (Å²) in [5.41, 5.74) is 0. The van der Waals surface area contributed by atoms with E-state index in [1.807, 2.05) is 20.1 Å². The lowest BCUT2D eigenvalue weighted by molar-refractivity contribution is 0.153. The van der Waals surface area contributed by atoms with Crippen molar-refractivity contribution in [2.45, 2.75) is 18.6 Å². The van der Waals surface area contributed by atoms with Gasteiger partial charge in [0.1, 0.15) is 0 Å². The van der Waals surface area contributed by atoms with E-state index >= 15 is 0 Å². The first-order valence-electron chi connectivity index (χ1n) is 4.08. The zero-order valence-electron chi connectivity index (χ0n) is 9.50. The van der Waals surface area contributed by atoms with Crippen molar-refractivity contribution >= 4 is 32.3 Å². The number of rotatable bonds is 3. The van der Waals surface area contributed by atoms with Gasteiger partial charge >= 0.3 is 14.3 Å². The number of oxime groups is 1. The summed E-state index contributed by atoms with van der Waals surface area (Å²) in [6.45, 7) is 3.96. The second-order valence-electron chi connectivity index (χ2n) is 2.92. The number of hydrogen-bond donors (Lipinski definition) is 3. The molecule has 0 aliphatic carbocycles. The van der Waals surface area contributed by atoms with Crippen LogP contribution in [0.5, 0.6) is 0 Å². The summed E-state index contributed by atoms with van der Waals surface area (Å²) in [6, 6.07) is 0. The number of carbonyl (C=O) groups excluding carboxylic acids is 1. The van der Waals surface area contributed by atoms with Crippen molar-refractivity contribution in [1.29, 1.82) is 0 Å². The van der Waals surface area contributed by atoms with Gasteiger partial charge in [0, 0.05) is 16.4 Å². The van der Waals surface area contributed by atoms with Crippen molar-refractivity contribution in [3.8, 4) is 0 Å². The van der Waals surface area contributed by atoms with Crippen LogP contribution >= 0.6 is 20.0 Å². The Morgan fingerprint density at radius 1 is 1.56 bits per heavy atom. The van der Waals surface area contributed by atoms with E-state index in [0.717, 1.165) is 0 Å². The summed E-state index contributed by atoms with van der Waals surface area (Å²) >= 11 is 1.63. The predicted octanol–water partition coefficient (Wildman–Crippen LogP) is 1.10. The maximum absolute atomic E-state index is 10.5. The molecule has 0 saturated carbocycles. The Kier molecular flexibility index (Phi) is 10.5. The number of hydrogen-bond acceptors (Lipinski definition) is 5. The largest absolute Gasteiger partial charge is 0.692 e. The Hall–Kier alpha value is -0.690. The van der Waals surface area contributed by atoms with Gasteiger partial charge in [-0.25, -0.2) is 4.79 Å². The number of thioether (sulfide) groups is 1. The van der Waals surface area contributed by atoms with E-state index in [0.29, 0.717) is 0 Å². The van der Waals surface area contributed by atoms with Gasteiger partial charge in [0.05, 0.1) is 6.21 Å². The first kappa shape index (κ1) is 17.7. The Labute approximate surface area is 99.2 Å². The lowest BCUT2D eigenvalue weighted by Crippen LogP contribution is -2.19. The maximum atomic E-state index is 10.5. The predicted molar refractivity (Wildman–Crippen MR) is 63.7 cm³/mol. The van der Waals surface area contributed by atoms with Crippen LogP contribution in [-0.2, 0) is 9.40 Å². The fraction of sp³-hybridized carbons (Fsp3) is 0.714. The van der Waals surface area contributed by atoms with Crippen LogP contribution in [0.15, 0.2) is 5.16 Å². The van der Waals surface area contributed by atoms with Crippen molar-refractivity contribution in [1.82, 2.24) is 5.32 Å². The number of nitrogens with zero attached hydrogens (tertiary/aromatic N) is 1. The monoisotopic (exact) mass is 271 g/mol. The van der Waals surface area contributed by atoms with Gasteiger partial charge in [-0.15, -0.1) is 9.79 Å². The summed E-state index contributed by atoms with van der Waals surface area (Å²) in [6.07, 6.45) is 3.00. The van der Waals surface area contributed by atoms with Crippen LogP contribution in [0.3, 0.4) is 0 Å². The standard InChI is InChI=1S/C7H14N2O2S.HO3P/c1-7(2,12-4)5-9-11-6(10)8-3;1-4(2)3/h5H,1-4H3,(H,8,10);(H-,1,2,3)/p+1/b9-5+;. The SMILES string of the molecule is CNC(=O)O/N=C/C(C)(C)SC.O=[P+](O)O. The lowest BCUT2D eigenvalue weighted by Gasteiger charge is -2.13. The molecule has 0 aliphatic rings. The molecule has 0 aliphatic heterocycles. The van der Waals surface area contributed by atoms with Crippen molar-refractivity contribution in [2.75, 3.05) is 13.3 Å². The minimum Gasteiger partial charge on any atom is -0.323 e. The molecule has 0 spiro atoms. The van der Waals surface area contributed by atoms with Gasteiger partial charge in [0.2, 0.25) is 0 Å². The molecule has 0 fully saturated rings. The van der Waals surface area contributed by atoms with Crippen molar-refractivity contribution in [2.24, 2.45) is 5.16 Å². The molecule has 0 unspecified atom stereocenters. The third-order valence-corrected chi connectivity index (χ3v) is 2.39. The molecule has 0 radical (unpaired) electrons. The van der Waals surface area contributed by atoms with Crippen LogP contribution in [0.4, 0.5) is 4.79 Å². The van der Waals surface area contributed by atoms with Gasteiger partial charge in [0.15, 0.2) is 0 Å². The highest BCUT2D eigenvalue weighted by Crippen LogP contribution is 2.17. The molecule has 0 saturated heterocycles. The van der Waals surface area contributed by atoms with E-state index in [1.54, 1.807) is 18.0 Å². The van der Waals surface area contributed by atoms with Crippen LogP contribution in [0, 0.1) is 0 Å². The third kappa shape index (κ3) is 15.8.